The summed E-state index contributed by atoms with van der Waals surface area (Å²) >= 11 is 0. The average molecular weight is 370 g/mol. The quantitative estimate of drug-likeness (QED) is 0.702. The number of halogens is 1. The molecule has 0 aliphatic carbocycles. The summed E-state index contributed by atoms with van der Waals surface area (Å²) in [6, 6.07) is 6.22. The number of aryl methyl sites for hydroxylation is 1. The molecule has 1 amide bonds. The fourth-order valence-electron chi connectivity index (χ4n) is 3.20. The van der Waals surface area contributed by atoms with Gasteiger partial charge in [0, 0.05) is 13.2 Å². The monoisotopic (exact) mass is 370 g/mol. The second-order valence-electron chi connectivity index (χ2n) is 7.87. The van der Waals surface area contributed by atoms with Crippen molar-refractivity contribution in [1.29, 1.82) is 0 Å². The first-order valence-electron chi connectivity index (χ1n) is 8.73. The lowest BCUT2D eigenvalue weighted by Crippen LogP contribution is -2.24. The maximum absolute atomic E-state index is 14.2. The van der Waals surface area contributed by atoms with Gasteiger partial charge in [0.2, 0.25) is 6.41 Å². The second kappa shape index (κ2) is 6.98. The van der Waals surface area contributed by atoms with E-state index in [0.29, 0.717) is 24.2 Å². The van der Waals surface area contributed by atoms with E-state index in [1.807, 2.05) is 7.05 Å². The Morgan fingerprint density at radius 3 is 2.70 bits per heavy atom. The Labute approximate surface area is 156 Å². The number of pyridine rings is 1. The van der Waals surface area contributed by atoms with Crippen molar-refractivity contribution in [3.8, 4) is 0 Å². The third kappa shape index (κ3) is 3.92. The van der Waals surface area contributed by atoms with Crippen LogP contribution in [0.5, 0.6) is 0 Å². The molecule has 2 aromatic heterocycles. The van der Waals surface area contributed by atoms with Gasteiger partial charge in [0.05, 0.1) is 17.6 Å². The molecule has 0 bridgehead atoms. The van der Waals surface area contributed by atoms with E-state index in [2.05, 4.69) is 26.1 Å². The molecule has 0 aliphatic heterocycles. The maximum atomic E-state index is 14.2. The molecule has 3 aromatic rings. The topological polar surface area (TPSA) is 68.9 Å². The first kappa shape index (κ1) is 18.8. The highest BCUT2D eigenvalue weighted by Gasteiger charge is 2.19. The average Bonchev–Trinajstić information content (AvgIpc) is 2.87. The van der Waals surface area contributed by atoms with Crippen LogP contribution in [0.25, 0.3) is 11.0 Å². The molecule has 142 valence electrons. The normalized spacial score (nSPS) is 11.7. The molecule has 0 aliphatic rings. The van der Waals surface area contributed by atoms with Crippen LogP contribution in [0.4, 0.5) is 10.1 Å². The standard InChI is InChI=1S/C20H23FN4O2/c1-20(2,3)10-13-8-14(21)9-16-18(13)23-17(24(16)4)11-25-7-5-6-15(19(25)27)22-12-26/h5-9,12H,10-11H2,1-4H3,(H,22,26). The molecule has 27 heavy (non-hydrogen) atoms. The molecule has 7 heteroatoms. The Hall–Kier alpha value is -2.96. The Bertz CT molecular complexity index is 1060. The van der Waals surface area contributed by atoms with E-state index in [4.69, 9.17) is 4.98 Å². The summed E-state index contributed by atoms with van der Waals surface area (Å²) < 4.78 is 17.4. The minimum absolute atomic E-state index is 0.00974. The highest BCUT2D eigenvalue weighted by molar-refractivity contribution is 5.80. The number of nitrogens with zero attached hydrogens (tertiary/aromatic N) is 3. The van der Waals surface area contributed by atoms with Gasteiger partial charge in [-0.2, -0.15) is 0 Å². The predicted octanol–water partition coefficient (Wildman–Crippen LogP) is 3.08. The molecule has 2 heterocycles. The number of anilines is 1. The number of rotatable bonds is 5. The van der Waals surface area contributed by atoms with Crippen LogP contribution in [0.3, 0.4) is 0 Å². The summed E-state index contributed by atoms with van der Waals surface area (Å²) in [5, 5.41) is 2.39. The van der Waals surface area contributed by atoms with E-state index < -0.39 is 0 Å². The number of nitrogens with one attached hydrogen (secondary N) is 1. The molecule has 1 aromatic carbocycles. The van der Waals surface area contributed by atoms with E-state index in [0.717, 1.165) is 11.1 Å². The Morgan fingerprint density at radius 1 is 1.30 bits per heavy atom. The molecular weight excluding hydrogens is 347 g/mol. The van der Waals surface area contributed by atoms with Gasteiger partial charge in [-0.25, -0.2) is 9.37 Å². The molecule has 6 nitrogen and oxygen atoms in total. The number of fused-ring (bicyclic) bond motifs is 1. The number of hydrogen-bond acceptors (Lipinski definition) is 3. The van der Waals surface area contributed by atoms with Crippen LogP contribution in [0.15, 0.2) is 35.3 Å². The summed E-state index contributed by atoms with van der Waals surface area (Å²) in [5.74, 6) is 0.335. The first-order chi connectivity index (χ1) is 12.7. The van der Waals surface area contributed by atoms with Gasteiger partial charge >= 0.3 is 0 Å². The van der Waals surface area contributed by atoms with Crippen LogP contribution in [0.2, 0.25) is 0 Å². The molecule has 0 spiro atoms. The summed E-state index contributed by atoms with van der Waals surface area (Å²) in [7, 11) is 1.81. The second-order valence-corrected chi connectivity index (χ2v) is 7.87. The van der Waals surface area contributed by atoms with Crippen LogP contribution in [0, 0.1) is 11.2 Å². The van der Waals surface area contributed by atoms with Crippen molar-refractivity contribution < 1.29 is 9.18 Å². The van der Waals surface area contributed by atoms with Crippen molar-refractivity contribution in [2.75, 3.05) is 5.32 Å². The Morgan fingerprint density at radius 2 is 2.04 bits per heavy atom. The van der Waals surface area contributed by atoms with Gasteiger partial charge in [-0.05, 0) is 41.7 Å². The Balaban J connectivity index is 2.08. The van der Waals surface area contributed by atoms with Crippen molar-refractivity contribution in [2.24, 2.45) is 12.5 Å². The van der Waals surface area contributed by atoms with Gasteiger partial charge in [0.25, 0.3) is 5.56 Å². The molecule has 0 radical (unpaired) electrons. The highest BCUT2D eigenvalue weighted by atomic mass is 19.1. The van der Waals surface area contributed by atoms with Crippen LogP contribution in [-0.4, -0.2) is 20.5 Å². The van der Waals surface area contributed by atoms with Crippen molar-refractivity contribution in [3.63, 3.8) is 0 Å². The molecule has 0 atom stereocenters. The summed E-state index contributed by atoms with van der Waals surface area (Å²) in [6.45, 7) is 6.50. The van der Waals surface area contributed by atoms with Gasteiger partial charge in [-0.1, -0.05) is 20.8 Å². The lowest BCUT2D eigenvalue weighted by atomic mass is 9.87. The first-order valence-corrected chi connectivity index (χ1v) is 8.73. The van der Waals surface area contributed by atoms with E-state index in [9.17, 15) is 14.0 Å². The number of aromatic nitrogens is 3. The molecule has 1 N–H and O–H groups in total. The van der Waals surface area contributed by atoms with Gasteiger partial charge in [-0.15, -0.1) is 0 Å². The summed E-state index contributed by atoms with van der Waals surface area (Å²) in [6.07, 6.45) is 2.79. The minimum Gasteiger partial charge on any atom is -0.330 e. The van der Waals surface area contributed by atoms with Gasteiger partial charge in [0.1, 0.15) is 17.3 Å². The minimum atomic E-state index is -0.322. The lowest BCUT2D eigenvalue weighted by Gasteiger charge is -2.18. The number of amides is 1. The van der Waals surface area contributed by atoms with Gasteiger partial charge in [-0.3, -0.25) is 9.59 Å². The SMILES string of the molecule is Cn1c(Cn2cccc(NC=O)c2=O)nc2c(CC(C)(C)C)cc(F)cc21. The number of imidazole rings is 1. The van der Waals surface area contributed by atoms with Crippen molar-refractivity contribution in [3.05, 3.63) is 58.0 Å². The van der Waals surface area contributed by atoms with E-state index in [-0.39, 0.29) is 29.0 Å². The van der Waals surface area contributed by atoms with Crippen molar-refractivity contribution >= 4 is 23.1 Å². The molecule has 0 fully saturated rings. The number of carbonyl (C=O) groups is 1. The fraction of sp³-hybridized carbons (Fsp3) is 0.350. The van der Waals surface area contributed by atoms with Crippen molar-refractivity contribution in [1.82, 2.24) is 14.1 Å². The molecule has 0 saturated heterocycles. The van der Waals surface area contributed by atoms with E-state index >= 15 is 0 Å². The van der Waals surface area contributed by atoms with Crippen LogP contribution < -0.4 is 10.9 Å². The molecular formula is C20H23FN4O2. The van der Waals surface area contributed by atoms with Gasteiger partial charge in [0.15, 0.2) is 0 Å². The largest absolute Gasteiger partial charge is 0.330 e. The highest BCUT2D eigenvalue weighted by Crippen LogP contribution is 2.28. The van der Waals surface area contributed by atoms with Crippen LogP contribution in [-0.2, 0) is 24.8 Å². The maximum Gasteiger partial charge on any atom is 0.274 e. The van der Waals surface area contributed by atoms with E-state index in [1.165, 1.54) is 16.7 Å². The van der Waals surface area contributed by atoms with Gasteiger partial charge < -0.3 is 14.5 Å². The van der Waals surface area contributed by atoms with E-state index in [1.54, 1.807) is 22.9 Å². The smallest absolute Gasteiger partial charge is 0.274 e. The van der Waals surface area contributed by atoms with Crippen LogP contribution >= 0.6 is 0 Å². The van der Waals surface area contributed by atoms with Crippen LogP contribution in [0.1, 0.15) is 32.2 Å². The third-order valence-electron chi connectivity index (χ3n) is 4.39. The molecule has 0 unspecified atom stereocenters. The van der Waals surface area contributed by atoms with Crippen molar-refractivity contribution in [2.45, 2.75) is 33.7 Å². The zero-order valence-electron chi connectivity index (χ0n) is 15.9. The molecule has 0 saturated carbocycles. The summed E-state index contributed by atoms with van der Waals surface area (Å²) in [5.41, 5.74) is 2.16. The zero-order valence-corrected chi connectivity index (χ0v) is 15.9. The fourth-order valence-corrected chi connectivity index (χ4v) is 3.20. The molecule has 3 rings (SSSR count). The number of benzene rings is 1. The Kier molecular flexibility index (Phi) is 4.87. The number of carbonyl (C=O) groups excluding carboxylic acids is 1. The number of hydrogen-bond donors (Lipinski definition) is 1. The third-order valence-corrected chi connectivity index (χ3v) is 4.39. The predicted molar refractivity (Wildman–Crippen MR) is 103 cm³/mol. The summed E-state index contributed by atoms with van der Waals surface area (Å²) in [4.78, 5) is 27.8. The zero-order chi connectivity index (χ0) is 19.8. The lowest BCUT2D eigenvalue weighted by molar-refractivity contribution is -0.105.